The number of nitrogens with zero attached hydrogens (tertiary/aromatic N) is 3. The smallest absolute Gasteiger partial charge is 0.415 e. The molecule has 1 saturated heterocycles. The first-order valence-electron chi connectivity index (χ1n) is 10.8. The fraction of sp³-hybridized carbons (Fsp3) is 0.375. The molecule has 1 N–H and O–H groups in total. The third kappa shape index (κ3) is 4.74. The van der Waals surface area contributed by atoms with Crippen LogP contribution in [0.3, 0.4) is 0 Å². The fourth-order valence-electron chi connectivity index (χ4n) is 4.49. The van der Waals surface area contributed by atoms with Crippen molar-refractivity contribution in [2.75, 3.05) is 23.3 Å². The molecule has 3 heterocycles. The van der Waals surface area contributed by atoms with E-state index in [2.05, 4.69) is 15.7 Å². The van der Waals surface area contributed by atoms with Gasteiger partial charge in [-0.1, -0.05) is 24.3 Å². The molecule has 0 bridgehead atoms. The Bertz CT molecular complexity index is 1070. The highest BCUT2D eigenvalue weighted by Gasteiger charge is 2.47. The normalized spacial score (nSPS) is 22.5. The van der Waals surface area contributed by atoms with Crippen molar-refractivity contribution in [2.24, 2.45) is 5.92 Å². The Morgan fingerprint density at radius 2 is 1.88 bits per heavy atom. The fourth-order valence-corrected chi connectivity index (χ4v) is 5.20. The van der Waals surface area contributed by atoms with E-state index in [0.29, 0.717) is 12.5 Å². The molecule has 0 radical (unpaired) electrons. The first-order chi connectivity index (χ1) is 15.1. The van der Waals surface area contributed by atoms with Gasteiger partial charge in [-0.25, -0.2) is 9.78 Å². The maximum Gasteiger partial charge on any atom is 0.415 e. The van der Waals surface area contributed by atoms with Crippen LogP contribution >= 0.6 is 23.7 Å². The van der Waals surface area contributed by atoms with E-state index in [1.54, 1.807) is 16.2 Å². The standard InChI is InChI=1S/C24H26N4O2S.ClH/c1-17-6-5-9-20(26-17)21-15-31-22(27-21)25-14-18-10-12-24(13-11-18)16-28(23(29)30-24)19-7-3-2-4-8-19;/h2-9,15,18H,10-14,16H2,1H3,(H,25,27);1H/t18-,24-;. The van der Waals surface area contributed by atoms with Gasteiger partial charge in [-0.3, -0.25) is 9.88 Å². The number of anilines is 2. The van der Waals surface area contributed by atoms with Crippen molar-refractivity contribution in [3.63, 3.8) is 0 Å². The molecule has 6 nitrogen and oxygen atoms in total. The Kier molecular flexibility index (Phi) is 6.67. The van der Waals surface area contributed by atoms with E-state index in [9.17, 15) is 4.79 Å². The second-order valence-corrected chi connectivity index (χ2v) is 9.36. The van der Waals surface area contributed by atoms with Crippen LogP contribution in [0.1, 0.15) is 31.4 Å². The second kappa shape index (κ2) is 9.46. The zero-order valence-corrected chi connectivity index (χ0v) is 19.6. The molecule has 1 aliphatic carbocycles. The topological polar surface area (TPSA) is 67.4 Å². The van der Waals surface area contributed by atoms with E-state index in [1.165, 1.54) is 0 Å². The highest BCUT2D eigenvalue weighted by molar-refractivity contribution is 7.14. The molecule has 0 unspecified atom stereocenters. The number of aromatic nitrogens is 2. The lowest BCUT2D eigenvalue weighted by Gasteiger charge is -2.35. The molecule has 32 heavy (non-hydrogen) atoms. The molecule has 1 amide bonds. The maximum absolute atomic E-state index is 12.5. The van der Waals surface area contributed by atoms with Gasteiger partial charge in [0.1, 0.15) is 11.3 Å². The van der Waals surface area contributed by atoms with Crippen molar-refractivity contribution in [2.45, 2.75) is 38.2 Å². The maximum atomic E-state index is 12.5. The number of carbonyl (C=O) groups is 1. The molecule has 0 atom stereocenters. The highest BCUT2D eigenvalue weighted by Crippen LogP contribution is 2.41. The van der Waals surface area contributed by atoms with Crippen molar-refractivity contribution in [3.05, 3.63) is 59.6 Å². The average Bonchev–Trinajstić information content (AvgIpc) is 3.39. The molecule has 3 aromatic rings. The molecule has 168 valence electrons. The predicted octanol–water partition coefficient (Wildman–Crippen LogP) is 5.93. The summed E-state index contributed by atoms with van der Waals surface area (Å²) < 4.78 is 5.88. The molecule has 2 aromatic heterocycles. The van der Waals surface area contributed by atoms with Gasteiger partial charge >= 0.3 is 6.09 Å². The van der Waals surface area contributed by atoms with Crippen LogP contribution in [0.15, 0.2) is 53.9 Å². The van der Waals surface area contributed by atoms with Crippen LogP contribution in [-0.2, 0) is 4.74 Å². The quantitative estimate of drug-likeness (QED) is 0.500. The zero-order valence-electron chi connectivity index (χ0n) is 18.0. The molecule has 1 aromatic carbocycles. The first-order valence-corrected chi connectivity index (χ1v) is 11.7. The number of hydrogen-bond acceptors (Lipinski definition) is 6. The Hall–Kier alpha value is -2.64. The van der Waals surface area contributed by atoms with Crippen LogP contribution in [0.5, 0.6) is 0 Å². The highest BCUT2D eigenvalue weighted by atomic mass is 35.5. The van der Waals surface area contributed by atoms with Crippen molar-refractivity contribution < 1.29 is 9.53 Å². The number of thiazole rings is 1. The lowest BCUT2D eigenvalue weighted by Crippen LogP contribution is -2.39. The van der Waals surface area contributed by atoms with E-state index in [4.69, 9.17) is 9.72 Å². The van der Waals surface area contributed by atoms with Gasteiger partial charge in [-0.05, 0) is 62.8 Å². The van der Waals surface area contributed by atoms with E-state index in [0.717, 1.165) is 60.1 Å². The number of hydrogen-bond donors (Lipinski definition) is 1. The van der Waals surface area contributed by atoms with Crippen LogP contribution in [0, 0.1) is 12.8 Å². The molecule has 2 aliphatic rings. The number of benzene rings is 1. The van der Waals surface area contributed by atoms with Gasteiger partial charge in [0.05, 0.1) is 12.2 Å². The summed E-state index contributed by atoms with van der Waals surface area (Å²) in [4.78, 5) is 23.5. The summed E-state index contributed by atoms with van der Waals surface area (Å²) in [6, 6.07) is 15.8. The summed E-state index contributed by atoms with van der Waals surface area (Å²) in [7, 11) is 0. The zero-order chi connectivity index (χ0) is 21.3. The van der Waals surface area contributed by atoms with E-state index in [1.807, 2.05) is 55.5 Å². The van der Waals surface area contributed by atoms with Crippen LogP contribution in [0.4, 0.5) is 15.6 Å². The van der Waals surface area contributed by atoms with Crippen molar-refractivity contribution in [1.82, 2.24) is 9.97 Å². The van der Waals surface area contributed by atoms with Gasteiger partial charge in [0.2, 0.25) is 0 Å². The third-order valence-electron chi connectivity index (χ3n) is 6.25. The second-order valence-electron chi connectivity index (χ2n) is 8.50. The molecule has 1 saturated carbocycles. The number of rotatable bonds is 5. The predicted molar refractivity (Wildman–Crippen MR) is 131 cm³/mol. The number of halogens is 1. The van der Waals surface area contributed by atoms with E-state index >= 15 is 0 Å². The Morgan fingerprint density at radius 3 is 2.62 bits per heavy atom. The van der Waals surface area contributed by atoms with Crippen LogP contribution in [0.25, 0.3) is 11.4 Å². The molecule has 1 spiro atoms. The molecule has 8 heteroatoms. The number of amides is 1. The Balaban J connectivity index is 0.00000245. The summed E-state index contributed by atoms with van der Waals surface area (Å²) in [5.41, 5.74) is 3.40. The molecule has 2 fully saturated rings. The van der Waals surface area contributed by atoms with Crippen LogP contribution in [0.2, 0.25) is 0 Å². The van der Waals surface area contributed by atoms with Gasteiger partial charge in [-0.2, -0.15) is 0 Å². The molecule has 5 rings (SSSR count). The Morgan fingerprint density at radius 1 is 1.09 bits per heavy atom. The number of carbonyl (C=O) groups excluding carboxylic acids is 1. The summed E-state index contributed by atoms with van der Waals surface area (Å²) in [5.74, 6) is 0.555. The Labute approximate surface area is 198 Å². The van der Waals surface area contributed by atoms with Gasteiger partial charge in [0.25, 0.3) is 0 Å². The van der Waals surface area contributed by atoms with E-state index in [-0.39, 0.29) is 24.1 Å². The average molecular weight is 471 g/mol. The number of nitrogens with one attached hydrogen (secondary N) is 1. The molecular weight excluding hydrogens is 444 g/mol. The monoisotopic (exact) mass is 470 g/mol. The van der Waals surface area contributed by atoms with Crippen molar-refractivity contribution >= 4 is 40.7 Å². The van der Waals surface area contributed by atoms with Crippen molar-refractivity contribution in [3.8, 4) is 11.4 Å². The lowest BCUT2D eigenvalue weighted by molar-refractivity contribution is 0.0148. The van der Waals surface area contributed by atoms with Crippen LogP contribution < -0.4 is 10.2 Å². The lowest BCUT2D eigenvalue weighted by atomic mass is 9.78. The van der Waals surface area contributed by atoms with E-state index < -0.39 is 0 Å². The van der Waals surface area contributed by atoms with Crippen LogP contribution in [-0.4, -0.2) is 34.8 Å². The molecular formula is C24H27ClN4O2S. The first kappa shape index (κ1) is 22.6. The SMILES string of the molecule is Cc1cccc(-c2csc(NC[C@H]3CC[C@]4(CC3)CN(c3ccccc3)C(=O)O4)n2)n1.Cl. The van der Waals surface area contributed by atoms with Gasteiger partial charge in [-0.15, -0.1) is 23.7 Å². The molecule has 1 aliphatic heterocycles. The summed E-state index contributed by atoms with van der Waals surface area (Å²) in [6.07, 6.45) is 3.68. The minimum absolute atomic E-state index is 0. The number of ether oxygens (including phenoxy) is 1. The van der Waals surface area contributed by atoms with Gasteiger partial charge in [0, 0.05) is 23.3 Å². The van der Waals surface area contributed by atoms with Gasteiger partial charge in [0.15, 0.2) is 5.13 Å². The number of pyridine rings is 1. The van der Waals surface area contributed by atoms with Gasteiger partial charge < -0.3 is 10.1 Å². The largest absolute Gasteiger partial charge is 0.441 e. The minimum atomic E-state index is -0.339. The number of para-hydroxylation sites is 1. The van der Waals surface area contributed by atoms with Crippen molar-refractivity contribution in [1.29, 1.82) is 0 Å². The summed E-state index contributed by atoms with van der Waals surface area (Å²) in [6.45, 7) is 3.53. The minimum Gasteiger partial charge on any atom is -0.441 e. The number of aryl methyl sites for hydroxylation is 1. The summed E-state index contributed by atoms with van der Waals surface area (Å²) >= 11 is 1.62. The third-order valence-corrected chi connectivity index (χ3v) is 7.05. The summed E-state index contributed by atoms with van der Waals surface area (Å²) in [5, 5.41) is 6.49.